The molecule has 1 N–H and O–H groups in total. The predicted molar refractivity (Wildman–Crippen MR) is 118 cm³/mol. The van der Waals surface area contributed by atoms with Crippen LogP contribution in [0, 0.1) is 5.92 Å². The number of carbonyl (C=O) groups is 3. The maximum absolute atomic E-state index is 13.0. The van der Waals surface area contributed by atoms with Gasteiger partial charge in [0.25, 0.3) is 0 Å². The van der Waals surface area contributed by atoms with Crippen LogP contribution >= 0.6 is 0 Å². The first-order valence-electron chi connectivity index (χ1n) is 10.5. The van der Waals surface area contributed by atoms with Crippen LogP contribution in [-0.2, 0) is 27.2 Å². The highest BCUT2D eigenvalue weighted by molar-refractivity contribution is 6.06. The number of amides is 2. The van der Waals surface area contributed by atoms with Crippen LogP contribution < -0.4 is 19.7 Å². The van der Waals surface area contributed by atoms with Gasteiger partial charge < -0.3 is 24.4 Å². The van der Waals surface area contributed by atoms with Gasteiger partial charge in [-0.1, -0.05) is 6.07 Å². The van der Waals surface area contributed by atoms with Gasteiger partial charge in [-0.15, -0.1) is 0 Å². The second kappa shape index (κ2) is 8.90. The van der Waals surface area contributed by atoms with Gasteiger partial charge in [0, 0.05) is 30.8 Å². The van der Waals surface area contributed by atoms with E-state index in [0.717, 1.165) is 24.9 Å². The third-order valence-corrected chi connectivity index (χ3v) is 6.08. The summed E-state index contributed by atoms with van der Waals surface area (Å²) in [6, 6.07) is 9.05. The van der Waals surface area contributed by atoms with Crippen molar-refractivity contribution in [3.63, 3.8) is 0 Å². The molecule has 0 saturated carbocycles. The number of fused-ring (bicyclic) bond motifs is 1. The molecule has 0 radical (unpaired) electrons. The Morgan fingerprint density at radius 3 is 2.44 bits per heavy atom. The molecule has 2 aromatic rings. The summed E-state index contributed by atoms with van der Waals surface area (Å²) >= 11 is 0. The molecule has 1 atom stereocenters. The second-order valence-corrected chi connectivity index (χ2v) is 7.95. The number of benzene rings is 2. The normalized spacial score (nSPS) is 17.2. The van der Waals surface area contributed by atoms with E-state index in [2.05, 4.69) is 17.4 Å². The van der Waals surface area contributed by atoms with Crippen molar-refractivity contribution in [2.45, 2.75) is 25.7 Å². The van der Waals surface area contributed by atoms with Crippen molar-refractivity contribution in [1.82, 2.24) is 0 Å². The zero-order valence-electron chi connectivity index (χ0n) is 18.4. The molecule has 1 aliphatic heterocycles. The molecule has 1 aliphatic carbocycles. The molecule has 2 amide bonds. The van der Waals surface area contributed by atoms with E-state index < -0.39 is 11.9 Å². The SMILES string of the molecule is COC(=O)c1cc(OC)c(OC)cc1NC(=O)C1CC(=O)N(c2ccc3c(c2)CCC3)C1. The molecule has 0 aromatic heterocycles. The van der Waals surface area contributed by atoms with E-state index in [1.165, 1.54) is 44.6 Å². The fourth-order valence-corrected chi connectivity index (χ4v) is 4.35. The Morgan fingerprint density at radius 2 is 1.72 bits per heavy atom. The van der Waals surface area contributed by atoms with Crippen molar-refractivity contribution in [3.8, 4) is 11.5 Å². The van der Waals surface area contributed by atoms with Crippen molar-refractivity contribution < 1.29 is 28.6 Å². The minimum Gasteiger partial charge on any atom is -0.493 e. The van der Waals surface area contributed by atoms with Gasteiger partial charge in [-0.05, 0) is 42.5 Å². The molecule has 2 aliphatic rings. The molecular formula is C24H26N2O6. The summed E-state index contributed by atoms with van der Waals surface area (Å²) in [5.74, 6) is -0.914. The number of aryl methyl sites for hydroxylation is 2. The Balaban J connectivity index is 1.54. The van der Waals surface area contributed by atoms with Gasteiger partial charge in [0.2, 0.25) is 11.8 Å². The Hall–Kier alpha value is -3.55. The lowest BCUT2D eigenvalue weighted by Gasteiger charge is -2.19. The standard InChI is InChI=1S/C24H26N2O6/c1-30-20-11-18(24(29)32-3)19(12-21(20)31-2)25-23(28)16-10-22(27)26(13-16)17-8-7-14-5-4-6-15(14)9-17/h7-9,11-12,16H,4-6,10,13H2,1-3H3,(H,25,28). The quantitative estimate of drug-likeness (QED) is 0.697. The van der Waals surface area contributed by atoms with Crippen molar-refractivity contribution in [2.24, 2.45) is 5.92 Å². The van der Waals surface area contributed by atoms with Crippen LogP contribution in [-0.4, -0.2) is 45.7 Å². The third-order valence-electron chi connectivity index (χ3n) is 6.08. The first-order valence-corrected chi connectivity index (χ1v) is 10.5. The monoisotopic (exact) mass is 438 g/mol. The topological polar surface area (TPSA) is 94.2 Å². The van der Waals surface area contributed by atoms with Crippen LogP contribution in [0.3, 0.4) is 0 Å². The number of methoxy groups -OCH3 is 3. The zero-order valence-corrected chi connectivity index (χ0v) is 18.4. The molecule has 8 nitrogen and oxygen atoms in total. The number of ether oxygens (including phenoxy) is 3. The van der Waals surface area contributed by atoms with Crippen LogP contribution in [0.5, 0.6) is 11.5 Å². The van der Waals surface area contributed by atoms with E-state index in [1.54, 1.807) is 4.90 Å². The van der Waals surface area contributed by atoms with Gasteiger partial charge >= 0.3 is 5.97 Å². The molecule has 4 rings (SSSR count). The van der Waals surface area contributed by atoms with Gasteiger partial charge in [-0.25, -0.2) is 4.79 Å². The maximum Gasteiger partial charge on any atom is 0.340 e. The number of hydrogen-bond donors (Lipinski definition) is 1. The smallest absolute Gasteiger partial charge is 0.340 e. The van der Waals surface area contributed by atoms with Crippen LogP contribution in [0.25, 0.3) is 0 Å². The summed E-state index contributed by atoms with van der Waals surface area (Å²) in [5, 5.41) is 2.77. The molecule has 8 heteroatoms. The summed E-state index contributed by atoms with van der Waals surface area (Å²) in [6.45, 7) is 0.282. The Labute approximate surface area is 186 Å². The fourth-order valence-electron chi connectivity index (χ4n) is 4.35. The van der Waals surface area contributed by atoms with Gasteiger partial charge in [0.05, 0.1) is 38.5 Å². The van der Waals surface area contributed by atoms with E-state index >= 15 is 0 Å². The highest BCUT2D eigenvalue weighted by atomic mass is 16.5. The summed E-state index contributed by atoms with van der Waals surface area (Å²) in [4.78, 5) is 39.6. The third kappa shape index (κ3) is 4.00. The van der Waals surface area contributed by atoms with Crippen molar-refractivity contribution in [3.05, 3.63) is 47.0 Å². The summed E-state index contributed by atoms with van der Waals surface area (Å²) < 4.78 is 15.4. The number of nitrogens with one attached hydrogen (secondary N) is 1. The molecule has 168 valence electrons. The first kappa shape index (κ1) is 21.7. The lowest BCUT2D eigenvalue weighted by atomic mass is 10.1. The van der Waals surface area contributed by atoms with E-state index in [-0.39, 0.29) is 36.0 Å². The van der Waals surface area contributed by atoms with Gasteiger partial charge in [-0.2, -0.15) is 0 Å². The Bertz CT molecular complexity index is 1080. The Morgan fingerprint density at radius 1 is 1.00 bits per heavy atom. The van der Waals surface area contributed by atoms with Crippen molar-refractivity contribution in [2.75, 3.05) is 38.1 Å². The lowest BCUT2D eigenvalue weighted by Crippen LogP contribution is -2.28. The van der Waals surface area contributed by atoms with Crippen LogP contribution in [0.4, 0.5) is 11.4 Å². The van der Waals surface area contributed by atoms with E-state index in [1.807, 2.05) is 6.07 Å². The number of hydrogen-bond acceptors (Lipinski definition) is 6. The minimum absolute atomic E-state index is 0.0939. The summed E-state index contributed by atoms with van der Waals surface area (Å²) in [7, 11) is 4.18. The Kier molecular flexibility index (Phi) is 6.03. The van der Waals surface area contributed by atoms with E-state index in [0.29, 0.717) is 11.5 Å². The maximum atomic E-state index is 13.0. The molecule has 0 spiro atoms. The molecule has 0 bridgehead atoms. The van der Waals surface area contributed by atoms with Crippen molar-refractivity contribution in [1.29, 1.82) is 0 Å². The number of nitrogens with zero attached hydrogens (tertiary/aromatic N) is 1. The van der Waals surface area contributed by atoms with Crippen LogP contribution in [0.15, 0.2) is 30.3 Å². The number of anilines is 2. The summed E-state index contributed by atoms with van der Waals surface area (Å²) in [5.41, 5.74) is 3.81. The fraction of sp³-hybridized carbons (Fsp3) is 0.375. The number of carbonyl (C=O) groups excluding carboxylic acids is 3. The van der Waals surface area contributed by atoms with Gasteiger partial charge in [0.1, 0.15) is 0 Å². The highest BCUT2D eigenvalue weighted by Crippen LogP contribution is 2.35. The highest BCUT2D eigenvalue weighted by Gasteiger charge is 2.36. The van der Waals surface area contributed by atoms with E-state index in [9.17, 15) is 14.4 Å². The average molecular weight is 438 g/mol. The molecular weight excluding hydrogens is 412 g/mol. The largest absolute Gasteiger partial charge is 0.493 e. The van der Waals surface area contributed by atoms with Gasteiger partial charge in [0.15, 0.2) is 11.5 Å². The zero-order chi connectivity index (χ0) is 22.8. The van der Waals surface area contributed by atoms with E-state index in [4.69, 9.17) is 14.2 Å². The minimum atomic E-state index is -0.622. The number of esters is 1. The molecule has 2 aromatic carbocycles. The van der Waals surface area contributed by atoms with Crippen molar-refractivity contribution >= 4 is 29.2 Å². The summed E-state index contributed by atoms with van der Waals surface area (Å²) in [6.07, 6.45) is 3.32. The number of rotatable bonds is 6. The lowest BCUT2D eigenvalue weighted by molar-refractivity contribution is -0.122. The molecule has 1 unspecified atom stereocenters. The molecule has 1 saturated heterocycles. The van der Waals surface area contributed by atoms with Gasteiger partial charge in [-0.3, -0.25) is 9.59 Å². The molecule has 32 heavy (non-hydrogen) atoms. The molecule has 1 heterocycles. The second-order valence-electron chi connectivity index (χ2n) is 7.95. The van der Waals surface area contributed by atoms with Crippen LogP contribution in [0.1, 0.15) is 34.3 Å². The first-order chi connectivity index (χ1) is 15.4. The average Bonchev–Trinajstić information content (AvgIpc) is 3.44. The van der Waals surface area contributed by atoms with Crippen LogP contribution in [0.2, 0.25) is 0 Å². The molecule has 1 fully saturated rings. The predicted octanol–water partition coefficient (Wildman–Crippen LogP) is 2.97.